The Hall–Kier alpha value is -7.27. The molecule has 0 amide bonds. The van der Waals surface area contributed by atoms with E-state index in [0.717, 1.165) is 37.0 Å². The van der Waals surface area contributed by atoms with Crippen molar-refractivity contribution in [2.45, 2.75) is 0 Å². The molecule has 14 heteroatoms. The third kappa shape index (κ3) is 9.92. The Morgan fingerprint density at radius 3 is 1.55 bits per heavy atom. The number of nitrogens with zero attached hydrogens (tertiary/aromatic N) is 3. The van der Waals surface area contributed by atoms with E-state index in [1.165, 1.54) is 83.1 Å². The van der Waals surface area contributed by atoms with Gasteiger partial charge in [0.2, 0.25) is 0 Å². The number of pyridine rings is 1. The molecule has 6 N–H and O–H groups in total. The number of carbonyl (C=O) groups is 3. The minimum atomic E-state index is 0. The molecule has 350 valence electrons. The zero-order valence-electron chi connectivity index (χ0n) is 37.5. The summed E-state index contributed by atoms with van der Waals surface area (Å²) in [6.07, 6.45) is 8.93. The maximum atomic E-state index is 10.9. The van der Waals surface area contributed by atoms with Crippen molar-refractivity contribution in [1.82, 2.24) is 25.5 Å². The van der Waals surface area contributed by atoms with Crippen molar-refractivity contribution in [1.29, 1.82) is 0 Å². The van der Waals surface area contributed by atoms with Crippen molar-refractivity contribution in [3.63, 3.8) is 0 Å². The summed E-state index contributed by atoms with van der Waals surface area (Å²) in [6.45, 7) is 0. The predicted molar refractivity (Wildman–Crippen MR) is 307 cm³/mol. The van der Waals surface area contributed by atoms with Gasteiger partial charge in [-0.3, -0.25) is 18.8 Å². The summed E-state index contributed by atoms with van der Waals surface area (Å²) < 4.78 is 12.0. The number of para-hydroxylation sites is 1. The fourth-order valence-electron chi connectivity index (χ4n) is 8.48. The van der Waals surface area contributed by atoms with E-state index in [-0.39, 0.29) is 24.2 Å². The first-order valence-electron chi connectivity index (χ1n) is 21.6. The summed E-state index contributed by atoms with van der Waals surface area (Å²) in [4.78, 5) is 40.7. The molecule has 0 aliphatic heterocycles. The van der Waals surface area contributed by atoms with Gasteiger partial charge in [0.1, 0.15) is 11.5 Å². The minimum absolute atomic E-state index is 0. The van der Waals surface area contributed by atoms with Gasteiger partial charge in [-0.2, -0.15) is 0 Å². The fraction of sp³-hybridized carbons (Fsp3) is 0. The lowest BCUT2D eigenvalue weighted by Crippen LogP contribution is -1.90. The lowest BCUT2D eigenvalue weighted by atomic mass is 10.0. The monoisotopic (exact) mass is 1110 g/mol. The Morgan fingerprint density at radius 1 is 0.479 bits per heavy atom. The molecule has 0 saturated carbocycles. The Bertz CT molecular complexity index is 4140. The number of halogens is 2. The SMILES string of the molecule is Brc1ccccc1Br.N.O.O=CC=O.O=Cc1cccc2c1sc1ccccc12.c1ccc2c(c1)sc1c(-c3ncc[nH]3)cccc12.c1ccc2c(c1)sc1c2ccc2c3ccccc3n3ccnc3c21. The zero-order valence-corrected chi connectivity index (χ0v) is 43.1. The fourth-order valence-corrected chi connectivity index (χ4v) is 12.7. The molecule has 0 fully saturated rings. The molecule has 0 bridgehead atoms. The first-order chi connectivity index (χ1) is 34.0. The van der Waals surface area contributed by atoms with Crippen LogP contribution in [0.25, 0.3) is 99.2 Å². The minimum Gasteiger partial charge on any atom is -0.412 e. The van der Waals surface area contributed by atoms with Crippen LogP contribution in [0.3, 0.4) is 0 Å². The van der Waals surface area contributed by atoms with E-state index in [1.54, 1.807) is 17.5 Å². The van der Waals surface area contributed by atoms with Crippen molar-refractivity contribution in [2.75, 3.05) is 0 Å². The summed E-state index contributed by atoms with van der Waals surface area (Å²) >= 11 is 12.1. The smallest absolute Gasteiger partial charge is 0.182 e. The molecule has 0 saturated heterocycles. The van der Waals surface area contributed by atoms with Gasteiger partial charge in [-0.05, 0) is 79.7 Å². The normalized spacial score (nSPS) is 10.6. The second kappa shape index (κ2) is 22.7. The van der Waals surface area contributed by atoms with Crippen molar-refractivity contribution >= 4 is 173 Å². The highest BCUT2D eigenvalue weighted by atomic mass is 79.9. The second-order valence-corrected chi connectivity index (χ2v) is 20.3. The molecule has 0 atom stereocenters. The predicted octanol–water partition coefficient (Wildman–Crippen LogP) is 16.3. The van der Waals surface area contributed by atoms with Crippen LogP contribution < -0.4 is 6.15 Å². The van der Waals surface area contributed by atoms with Gasteiger partial charge >= 0.3 is 0 Å². The van der Waals surface area contributed by atoms with Crippen LogP contribution in [0, 0.1) is 0 Å². The molecule has 6 aromatic heterocycles. The third-order valence-corrected chi connectivity index (χ3v) is 17.0. The van der Waals surface area contributed by atoms with E-state index >= 15 is 0 Å². The average Bonchev–Trinajstić information content (AvgIpc) is 4.27. The van der Waals surface area contributed by atoms with Crippen LogP contribution in [-0.2, 0) is 9.59 Å². The van der Waals surface area contributed by atoms with Gasteiger partial charge in [0.05, 0.1) is 5.52 Å². The Balaban J connectivity index is 0.000000129. The van der Waals surface area contributed by atoms with Gasteiger partial charge in [0, 0.05) is 116 Å². The first-order valence-corrected chi connectivity index (χ1v) is 25.6. The van der Waals surface area contributed by atoms with Crippen molar-refractivity contribution in [2.24, 2.45) is 0 Å². The number of thiophene rings is 3. The van der Waals surface area contributed by atoms with E-state index in [2.05, 4.69) is 179 Å². The van der Waals surface area contributed by atoms with Crippen molar-refractivity contribution in [3.05, 3.63) is 209 Å². The lowest BCUT2D eigenvalue weighted by Gasteiger charge is -2.08. The quantitative estimate of drug-likeness (QED) is 0.102. The third-order valence-electron chi connectivity index (χ3n) is 11.5. The average molecular weight is 1120 g/mol. The van der Waals surface area contributed by atoms with Crippen LogP contribution in [0.5, 0.6) is 0 Å². The standard InChI is InChI=1S/C21H12N2S.C15H10N2S.C13H8OS.C6H4Br2.C2H2O2.H3N.H2O/c1-3-7-17-13(5-1)15-9-10-16-14-6-2-4-8-18(14)24-20(16)19(15)21-22-11-12-23(17)21;1-2-7-13-10(4-1)11-5-3-6-12(14(11)18-13)15-16-8-9-17-15;14-8-9-4-3-6-11-10-5-1-2-7-12(10)15-13(9)11;7-5-3-1-2-4-6(5)8;3-1-2-4;;/h1-12H;1-9H,(H,16,17);1-8H;1-4H;1-2H;1H3;1H2. The molecule has 14 rings (SSSR count). The molecular weight excluding hydrogens is 1070 g/mol. The summed E-state index contributed by atoms with van der Waals surface area (Å²) in [5.41, 5.74) is 4.21. The summed E-state index contributed by atoms with van der Waals surface area (Å²) in [6, 6.07) is 58.7. The molecule has 9 nitrogen and oxygen atoms in total. The largest absolute Gasteiger partial charge is 0.412 e. The van der Waals surface area contributed by atoms with Crippen LogP contribution in [-0.4, -0.2) is 43.7 Å². The molecule has 0 radical (unpaired) electrons. The summed E-state index contributed by atoms with van der Waals surface area (Å²) in [5.74, 6) is 0.937. The van der Waals surface area contributed by atoms with E-state index < -0.39 is 0 Å². The zero-order chi connectivity index (χ0) is 47.3. The number of aromatic amines is 1. The highest BCUT2D eigenvalue weighted by Crippen LogP contribution is 2.42. The number of imidazole rings is 2. The van der Waals surface area contributed by atoms with Crippen molar-refractivity contribution < 1.29 is 19.9 Å². The van der Waals surface area contributed by atoms with Gasteiger partial charge in [0.25, 0.3) is 0 Å². The molecule has 0 spiro atoms. The highest BCUT2D eigenvalue weighted by molar-refractivity contribution is 9.13. The van der Waals surface area contributed by atoms with Gasteiger partial charge < -0.3 is 16.6 Å². The van der Waals surface area contributed by atoms with E-state index in [4.69, 9.17) is 9.59 Å². The molecule has 8 aromatic carbocycles. The number of rotatable bonds is 3. The number of hydrogen-bond acceptors (Lipinski definition) is 9. The van der Waals surface area contributed by atoms with Crippen LogP contribution in [0.4, 0.5) is 0 Å². The molecule has 6 heterocycles. The maximum Gasteiger partial charge on any atom is 0.182 e. The maximum absolute atomic E-state index is 10.9. The number of carbonyl (C=O) groups excluding carboxylic acids is 3. The molecule has 0 aliphatic rings. The van der Waals surface area contributed by atoms with Gasteiger partial charge in [-0.15, -0.1) is 34.0 Å². The number of benzene rings is 8. The topological polar surface area (TPSA) is 164 Å². The number of aromatic nitrogens is 4. The number of H-pyrrole nitrogens is 1. The Morgan fingerprint density at radius 2 is 0.972 bits per heavy atom. The van der Waals surface area contributed by atoms with Crippen LogP contribution in [0.1, 0.15) is 10.4 Å². The van der Waals surface area contributed by atoms with Gasteiger partial charge in [-0.1, -0.05) is 127 Å². The summed E-state index contributed by atoms with van der Waals surface area (Å²) in [5, 5.41) is 11.5. The number of fused-ring (bicyclic) bond motifs is 16. The van der Waals surface area contributed by atoms with E-state index in [9.17, 15) is 4.79 Å². The second-order valence-electron chi connectivity index (χ2n) is 15.4. The van der Waals surface area contributed by atoms with Crippen LogP contribution in [0.15, 0.2) is 204 Å². The number of hydrogen-bond donors (Lipinski definition) is 2. The first kappa shape index (κ1) is 50.1. The highest BCUT2D eigenvalue weighted by Gasteiger charge is 2.15. The van der Waals surface area contributed by atoms with Crippen LogP contribution in [0.2, 0.25) is 0 Å². The Kier molecular flexibility index (Phi) is 16.0. The molecule has 0 unspecified atom stereocenters. The molecule has 71 heavy (non-hydrogen) atoms. The Labute approximate surface area is 435 Å². The molecule has 0 aliphatic carbocycles. The molecule has 14 aromatic rings. The van der Waals surface area contributed by atoms with Crippen molar-refractivity contribution in [3.8, 4) is 11.4 Å². The van der Waals surface area contributed by atoms with Crippen LogP contribution >= 0.6 is 65.9 Å². The van der Waals surface area contributed by atoms with Gasteiger partial charge in [0.15, 0.2) is 18.9 Å². The lowest BCUT2D eigenvalue weighted by molar-refractivity contribution is -0.122. The van der Waals surface area contributed by atoms with E-state index in [0.29, 0.717) is 0 Å². The van der Waals surface area contributed by atoms with E-state index in [1.807, 2.05) is 83.6 Å². The number of aldehydes is 3. The number of nitrogens with one attached hydrogen (secondary N) is 1. The summed E-state index contributed by atoms with van der Waals surface area (Å²) in [7, 11) is 0. The van der Waals surface area contributed by atoms with Gasteiger partial charge in [-0.25, -0.2) is 9.97 Å². The molecular formula is C57H41Br2N5O4S3.